The lowest BCUT2D eigenvalue weighted by atomic mass is 9.63. The zero-order chi connectivity index (χ0) is 15.5. The minimum atomic E-state index is -0.382. The van der Waals surface area contributed by atoms with Crippen molar-refractivity contribution < 1.29 is 14.0 Å². The summed E-state index contributed by atoms with van der Waals surface area (Å²) in [5.74, 6) is -1.15. The predicted molar refractivity (Wildman–Crippen MR) is 79.2 cm³/mol. The van der Waals surface area contributed by atoms with Gasteiger partial charge in [0.25, 0.3) is 0 Å². The van der Waals surface area contributed by atoms with Gasteiger partial charge in [0.1, 0.15) is 5.82 Å². The number of benzene rings is 1. The molecule has 0 aliphatic carbocycles. The van der Waals surface area contributed by atoms with Crippen molar-refractivity contribution in [1.82, 2.24) is 5.32 Å². The molecule has 0 aromatic heterocycles. The van der Waals surface area contributed by atoms with Crippen molar-refractivity contribution in [2.75, 3.05) is 0 Å². The molecule has 0 saturated carbocycles. The quantitative estimate of drug-likeness (QED) is 0.843. The molecule has 1 heterocycles. The Balaban J connectivity index is 2.42. The number of carbonyl (C=O) groups is 2. The number of amides is 2. The molecule has 1 aromatic rings. The zero-order valence-electron chi connectivity index (χ0n) is 12.6. The molecule has 1 N–H and O–H groups in total. The fraction of sp³-hybridized carbons (Fsp3) is 0.529. The average molecular weight is 291 g/mol. The van der Waals surface area contributed by atoms with Crippen LogP contribution in [0.2, 0.25) is 0 Å². The smallest absolute Gasteiger partial charge is 0.234 e. The highest BCUT2D eigenvalue weighted by atomic mass is 19.1. The van der Waals surface area contributed by atoms with Crippen molar-refractivity contribution in [1.29, 1.82) is 0 Å². The van der Waals surface area contributed by atoms with Crippen LogP contribution in [0.3, 0.4) is 0 Å². The van der Waals surface area contributed by atoms with Crippen molar-refractivity contribution in [3.05, 3.63) is 35.6 Å². The first-order chi connectivity index (χ1) is 10.0. The van der Waals surface area contributed by atoms with E-state index >= 15 is 0 Å². The summed E-state index contributed by atoms with van der Waals surface area (Å²) in [7, 11) is 0. The number of hydrogen-bond donors (Lipinski definition) is 1. The van der Waals surface area contributed by atoms with E-state index in [2.05, 4.69) is 12.2 Å². The molecule has 0 radical (unpaired) electrons. The molecule has 21 heavy (non-hydrogen) atoms. The fourth-order valence-electron chi connectivity index (χ4n) is 3.38. The molecule has 0 spiro atoms. The molecule has 1 fully saturated rings. The Hall–Kier alpha value is -1.71. The van der Waals surface area contributed by atoms with Crippen LogP contribution < -0.4 is 5.32 Å². The Kier molecular flexibility index (Phi) is 4.76. The number of halogens is 1. The lowest BCUT2D eigenvalue weighted by Gasteiger charge is -2.42. The number of imide groups is 1. The van der Waals surface area contributed by atoms with Gasteiger partial charge >= 0.3 is 0 Å². The molecule has 1 aliphatic rings. The Bertz CT molecular complexity index is 526. The largest absolute Gasteiger partial charge is 0.296 e. The van der Waals surface area contributed by atoms with Crippen LogP contribution in [-0.2, 0) is 9.59 Å². The third-order valence-electron chi connectivity index (χ3n) is 4.59. The van der Waals surface area contributed by atoms with Gasteiger partial charge in [0.15, 0.2) is 0 Å². The molecular weight excluding hydrogens is 269 g/mol. The molecule has 3 nitrogen and oxygen atoms in total. The average Bonchev–Trinajstić information content (AvgIpc) is 2.46. The molecule has 4 heteroatoms. The van der Waals surface area contributed by atoms with Crippen LogP contribution in [0.4, 0.5) is 4.39 Å². The van der Waals surface area contributed by atoms with E-state index in [-0.39, 0.29) is 29.0 Å². The van der Waals surface area contributed by atoms with Crippen molar-refractivity contribution in [3.63, 3.8) is 0 Å². The van der Waals surface area contributed by atoms with Crippen LogP contribution in [0.15, 0.2) is 24.3 Å². The van der Waals surface area contributed by atoms with Gasteiger partial charge in [-0.1, -0.05) is 38.8 Å². The molecule has 2 amide bonds. The summed E-state index contributed by atoms with van der Waals surface area (Å²) in [5.41, 5.74) is 0.437. The van der Waals surface area contributed by atoms with Gasteiger partial charge in [0.05, 0.1) is 5.92 Å². The Morgan fingerprint density at radius 2 is 1.90 bits per heavy atom. The zero-order valence-corrected chi connectivity index (χ0v) is 12.6. The molecule has 0 bridgehead atoms. The van der Waals surface area contributed by atoms with E-state index in [4.69, 9.17) is 0 Å². The number of carbonyl (C=O) groups excluding carboxylic acids is 2. The minimum Gasteiger partial charge on any atom is -0.296 e. The first-order valence-electron chi connectivity index (χ1n) is 7.61. The van der Waals surface area contributed by atoms with Crippen molar-refractivity contribution in [2.24, 2.45) is 5.41 Å². The van der Waals surface area contributed by atoms with Gasteiger partial charge < -0.3 is 0 Å². The maximum Gasteiger partial charge on any atom is 0.234 e. The van der Waals surface area contributed by atoms with Crippen LogP contribution in [0.25, 0.3) is 0 Å². The highest BCUT2D eigenvalue weighted by Crippen LogP contribution is 2.48. The summed E-state index contributed by atoms with van der Waals surface area (Å²) in [4.78, 5) is 24.3. The van der Waals surface area contributed by atoms with E-state index in [0.29, 0.717) is 6.42 Å². The highest BCUT2D eigenvalue weighted by Gasteiger charge is 2.47. The maximum absolute atomic E-state index is 13.1. The highest BCUT2D eigenvalue weighted by molar-refractivity contribution is 6.02. The summed E-state index contributed by atoms with van der Waals surface area (Å²) in [6, 6.07) is 6.07. The normalized spacial score (nSPS) is 25.8. The van der Waals surface area contributed by atoms with E-state index in [1.165, 1.54) is 12.1 Å². The third-order valence-corrected chi connectivity index (χ3v) is 4.59. The van der Waals surface area contributed by atoms with Gasteiger partial charge in [0, 0.05) is 6.42 Å². The minimum absolute atomic E-state index is 0.198. The van der Waals surface area contributed by atoms with Crippen LogP contribution in [0, 0.1) is 11.2 Å². The van der Waals surface area contributed by atoms with E-state index in [1.807, 2.05) is 6.92 Å². The van der Waals surface area contributed by atoms with E-state index in [1.54, 1.807) is 12.1 Å². The number of rotatable bonds is 5. The third kappa shape index (κ3) is 3.14. The lowest BCUT2D eigenvalue weighted by molar-refractivity contribution is -0.140. The number of piperidine rings is 1. The molecule has 1 aromatic carbocycles. The van der Waals surface area contributed by atoms with Crippen molar-refractivity contribution in [3.8, 4) is 0 Å². The van der Waals surface area contributed by atoms with Crippen LogP contribution in [0.1, 0.15) is 57.4 Å². The second-order valence-corrected chi connectivity index (χ2v) is 5.89. The second kappa shape index (κ2) is 6.37. The van der Waals surface area contributed by atoms with Crippen molar-refractivity contribution in [2.45, 2.75) is 51.9 Å². The first kappa shape index (κ1) is 15.7. The topological polar surface area (TPSA) is 46.2 Å². The van der Waals surface area contributed by atoms with Crippen LogP contribution >= 0.6 is 0 Å². The van der Waals surface area contributed by atoms with Gasteiger partial charge in [-0.2, -0.15) is 0 Å². The maximum atomic E-state index is 13.1. The standard InChI is InChI=1S/C17H22FNO2/c1-3-5-10-17(4-2)11-14(20)19-16(21)15(17)12-6-8-13(18)9-7-12/h6-9,15H,3-5,10-11H2,1-2H3,(H,19,20,21). The summed E-state index contributed by atoms with van der Waals surface area (Å²) in [5, 5.41) is 2.44. The van der Waals surface area contributed by atoms with Crippen molar-refractivity contribution >= 4 is 11.8 Å². The van der Waals surface area contributed by atoms with E-state index < -0.39 is 0 Å². The lowest BCUT2D eigenvalue weighted by Crippen LogP contribution is -2.50. The molecule has 1 aliphatic heterocycles. The summed E-state index contributed by atoms with van der Waals surface area (Å²) in [6.07, 6.45) is 3.95. The Morgan fingerprint density at radius 1 is 1.24 bits per heavy atom. The number of nitrogens with one attached hydrogen (secondary N) is 1. The molecule has 1 saturated heterocycles. The molecule has 2 unspecified atom stereocenters. The van der Waals surface area contributed by atoms with Gasteiger partial charge in [-0.3, -0.25) is 14.9 Å². The molecule has 2 atom stereocenters. The van der Waals surface area contributed by atoms with E-state index in [0.717, 1.165) is 31.2 Å². The van der Waals surface area contributed by atoms with Crippen LogP contribution in [-0.4, -0.2) is 11.8 Å². The summed E-state index contributed by atoms with van der Waals surface area (Å²) >= 11 is 0. The predicted octanol–water partition coefficient (Wildman–Crippen LogP) is 3.54. The monoisotopic (exact) mass is 291 g/mol. The summed E-state index contributed by atoms with van der Waals surface area (Å²) < 4.78 is 13.1. The van der Waals surface area contributed by atoms with E-state index in [9.17, 15) is 14.0 Å². The molecule has 114 valence electrons. The molecular formula is C17H22FNO2. The number of hydrogen-bond acceptors (Lipinski definition) is 2. The Labute approximate surface area is 124 Å². The SMILES string of the molecule is CCCCC1(CC)CC(=O)NC(=O)C1c1ccc(F)cc1. The summed E-state index contributed by atoms with van der Waals surface area (Å²) in [6.45, 7) is 4.12. The van der Waals surface area contributed by atoms with Gasteiger partial charge in [-0.25, -0.2) is 4.39 Å². The molecule has 2 rings (SSSR count). The second-order valence-electron chi connectivity index (χ2n) is 5.89. The Morgan fingerprint density at radius 3 is 2.48 bits per heavy atom. The number of unbranched alkanes of at least 4 members (excludes halogenated alkanes) is 1. The fourth-order valence-corrected chi connectivity index (χ4v) is 3.38. The van der Waals surface area contributed by atoms with Crippen LogP contribution in [0.5, 0.6) is 0 Å². The van der Waals surface area contributed by atoms with Gasteiger partial charge in [0.2, 0.25) is 11.8 Å². The van der Waals surface area contributed by atoms with Gasteiger partial charge in [-0.15, -0.1) is 0 Å². The first-order valence-corrected chi connectivity index (χ1v) is 7.61. The van der Waals surface area contributed by atoms with Gasteiger partial charge in [-0.05, 0) is 36.0 Å².